The third kappa shape index (κ3) is 2.97. The van der Waals surface area contributed by atoms with Gasteiger partial charge in [0, 0.05) is 0 Å². The summed E-state index contributed by atoms with van der Waals surface area (Å²) in [5.41, 5.74) is 5.63. The maximum absolute atomic E-state index is 13.4. The van der Waals surface area contributed by atoms with Gasteiger partial charge in [0.15, 0.2) is 0 Å². The normalized spacial score (nSPS) is 10.7. The van der Waals surface area contributed by atoms with E-state index in [1.165, 1.54) is 6.07 Å². The van der Waals surface area contributed by atoms with E-state index in [0.717, 1.165) is 11.6 Å². The molecule has 0 saturated heterocycles. The first-order chi connectivity index (χ1) is 9.91. The van der Waals surface area contributed by atoms with E-state index < -0.39 is 17.5 Å². The average Bonchev–Trinajstić information content (AvgIpc) is 2.43. The van der Waals surface area contributed by atoms with Crippen LogP contribution in [0, 0.1) is 5.82 Å². The van der Waals surface area contributed by atoms with Crippen LogP contribution in [0.15, 0.2) is 36.4 Å². The predicted molar refractivity (Wildman–Crippen MR) is 78.4 cm³/mol. The Morgan fingerprint density at radius 1 is 1.19 bits per heavy atom. The summed E-state index contributed by atoms with van der Waals surface area (Å²) in [6.07, 6.45) is 0. The second-order valence-corrected chi connectivity index (χ2v) is 4.93. The first-order valence-corrected chi connectivity index (χ1v) is 6.50. The van der Waals surface area contributed by atoms with Crippen molar-refractivity contribution < 1.29 is 19.0 Å². The van der Waals surface area contributed by atoms with E-state index in [1.54, 1.807) is 12.1 Å². The van der Waals surface area contributed by atoms with Crippen molar-refractivity contribution >= 4 is 11.7 Å². The lowest BCUT2D eigenvalue weighted by Crippen LogP contribution is -2.07. The lowest BCUT2D eigenvalue weighted by molar-refractivity contribution is 0.0695. The first kappa shape index (κ1) is 14.8. The molecule has 0 bridgehead atoms. The quantitative estimate of drug-likeness (QED) is 0.834. The number of hydrogen-bond donors (Lipinski definition) is 2. The van der Waals surface area contributed by atoms with Crippen molar-refractivity contribution in [1.29, 1.82) is 0 Å². The van der Waals surface area contributed by atoms with Crippen LogP contribution in [-0.2, 0) is 0 Å². The molecule has 0 atom stereocenters. The molecule has 0 heterocycles. The lowest BCUT2D eigenvalue weighted by atomic mass is 10.0. The molecule has 2 aromatic carbocycles. The topological polar surface area (TPSA) is 72.5 Å². The Labute approximate surface area is 122 Å². The molecule has 0 aliphatic carbocycles. The summed E-state index contributed by atoms with van der Waals surface area (Å²) in [6.45, 7) is 4.00. The summed E-state index contributed by atoms with van der Waals surface area (Å²) >= 11 is 0. The molecule has 0 spiro atoms. The minimum Gasteiger partial charge on any atom is -0.477 e. The highest BCUT2D eigenvalue weighted by Gasteiger charge is 2.20. The number of halogens is 1. The number of ether oxygens (including phenoxy) is 1. The number of para-hydroxylation sites is 1. The van der Waals surface area contributed by atoms with Crippen molar-refractivity contribution in [1.82, 2.24) is 0 Å². The summed E-state index contributed by atoms with van der Waals surface area (Å²) in [4.78, 5) is 11.3. The molecule has 2 rings (SSSR count). The molecule has 0 saturated carbocycles. The summed E-state index contributed by atoms with van der Waals surface area (Å²) in [5, 5.41) is 9.20. The fraction of sp³-hybridized carbons (Fsp3) is 0.188. The Kier molecular flexibility index (Phi) is 4.12. The number of carboxylic acid groups (broad SMARTS) is 1. The van der Waals surface area contributed by atoms with E-state index in [9.17, 15) is 14.3 Å². The molecule has 110 valence electrons. The number of nitrogens with two attached hydrogens (primary N) is 1. The van der Waals surface area contributed by atoms with Gasteiger partial charge in [-0.25, -0.2) is 9.18 Å². The minimum absolute atomic E-state index is 0.0227. The summed E-state index contributed by atoms with van der Waals surface area (Å²) in [5.74, 6) is -1.36. The first-order valence-electron chi connectivity index (χ1n) is 6.50. The number of hydrogen-bond acceptors (Lipinski definition) is 3. The van der Waals surface area contributed by atoms with Crippen molar-refractivity contribution in [2.24, 2.45) is 0 Å². The molecule has 2 aromatic rings. The highest BCUT2D eigenvalue weighted by atomic mass is 19.1. The Bertz CT molecular complexity index is 683. The largest absolute Gasteiger partial charge is 0.477 e. The second-order valence-electron chi connectivity index (χ2n) is 4.93. The Hall–Kier alpha value is -2.56. The lowest BCUT2D eigenvalue weighted by Gasteiger charge is -2.15. The van der Waals surface area contributed by atoms with Crippen molar-refractivity contribution in [3.05, 3.63) is 53.3 Å². The van der Waals surface area contributed by atoms with E-state index in [2.05, 4.69) is 0 Å². The number of carbonyl (C=O) groups is 1. The van der Waals surface area contributed by atoms with Crippen LogP contribution in [0.3, 0.4) is 0 Å². The number of nitrogen functional groups attached to an aromatic ring is 1. The molecule has 21 heavy (non-hydrogen) atoms. The van der Waals surface area contributed by atoms with Gasteiger partial charge in [-0.2, -0.15) is 0 Å². The maximum atomic E-state index is 13.4. The standard InChI is InChI=1S/C16H16FNO3/c1-9(2)10-5-3-4-6-12(10)21-13-8-7-11(17)15(18)14(13)16(19)20/h3-9H,18H2,1-2H3,(H,19,20). The zero-order valence-electron chi connectivity index (χ0n) is 11.8. The van der Waals surface area contributed by atoms with Gasteiger partial charge in [-0.05, 0) is 29.7 Å². The minimum atomic E-state index is -1.33. The Morgan fingerprint density at radius 3 is 2.48 bits per heavy atom. The smallest absolute Gasteiger partial charge is 0.341 e. The molecule has 0 radical (unpaired) electrons. The molecule has 4 nitrogen and oxygen atoms in total. The van der Waals surface area contributed by atoms with Gasteiger partial charge in [-0.3, -0.25) is 0 Å². The molecular formula is C16H16FNO3. The van der Waals surface area contributed by atoms with Crippen LogP contribution in [0.4, 0.5) is 10.1 Å². The fourth-order valence-corrected chi connectivity index (χ4v) is 2.05. The molecule has 3 N–H and O–H groups in total. The molecule has 0 aromatic heterocycles. The number of aromatic carboxylic acids is 1. The third-order valence-corrected chi connectivity index (χ3v) is 3.13. The van der Waals surface area contributed by atoms with Crippen molar-refractivity contribution in [2.75, 3.05) is 5.73 Å². The molecule has 0 unspecified atom stereocenters. The van der Waals surface area contributed by atoms with Gasteiger partial charge in [0.2, 0.25) is 0 Å². The van der Waals surface area contributed by atoms with Gasteiger partial charge in [0.1, 0.15) is 22.9 Å². The van der Waals surface area contributed by atoms with Crippen LogP contribution < -0.4 is 10.5 Å². The molecule has 0 aliphatic rings. The molecule has 0 fully saturated rings. The summed E-state index contributed by atoms with van der Waals surface area (Å²) < 4.78 is 19.1. The average molecular weight is 289 g/mol. The van der Waals surface area contributed by atoms with Crippen LogP contribution in [0.25, 0.3) is 0 Å². The zero-order valence-corrected chi connectivity index (χ0v) is 11.8. The van der Waals surface area contributed by atoms with Crippen molar-refractivity contribution in [3.63, 3.8) is 0 Å². The van der Waals surface area contributed by atoms with E-state index in [-0.39, 0.29) is 17.2 Å². The van der Waals surface area contributed by atoms with E-state index in [4.69, 9.17) is 10.5 Å². The SMILES string of the molecule is CC(C)c1ccccc1Oc1ccc(F)c(N)c1C(=O)O. The summed E-state index contributed by atoms with van der Waals surface area (Å²) in [6, 6.07) is 9.66. The van der Waals surface area contributed by atoms with Crippen LogP contribution in [0.1, 0.15) is 35.7 Å². The maximum Gasteiger partial charge on any atom is 0.341 e. The van der Waals surface area contributed by atoms with E-state index in [0.29, 0.717) is 5.75 Å². The molecule has 5 heteroatoms. The van der Waals surface area contributed by atoms with Gasteiger partial charge in [-0.15, -0.1) is 0 Å². The monoisotopic (exact) mass is 289 g/mol. The predicted octanol–water partition coefficient (Wildman–Crippen LogP) is 4.02. The number of rotatable bonds is 4. The van der Waals surface area contributed by atoms with Crippen LogP contribution in [0.5, 0.6) is 11.5 Å². The van der Waals surface area contributed by atoms with Crippen molar-refractivity contribution in [3.8, 4) is 11.5 Å². The number of benzene rings is 2. The van der Waals surface area contributed by atoms with Crippen LogP contribution >= 0.6 is 0 Å². The zero-order chi connectivity index (χ0) is 15.6. The fourth-order valence-electron chi connectivity index (χ4n) is 2.05. The van der Waals surface area contributed by atoms with Crippen molar-refractivity contribution in [2.45, 2.75) is 19.8 Å². The van der Waals surface area contributed by atoms with E-state index in [1.807, 2.05) is 26.0 Å². The number of anilines is 1. The van der Waals surface area contributed by atoms with Gasteiger partial charge >= 0.3 is 5.97 Å². The Balaban J connectivity index is 2.50. The second kappa shape index (κ2) is 5.83. The van der Waals surface area contributed by atoms with Gasteiger partial charge < -0.3 is 15.6 Å². The van der Waals surface area contributed by atoms with Crippen LogP contribution in [-0.4, -0.2) is 11.1 Å². The summed E-state index contributed by atoms with van der Waals surface area (Å²) in [7, 11) is 0. The molecule has 0 aliphatic heterocycles. The van der Waals surface area contributed by atoms with Gasteiger partial charge in [0.25, 0.3) is 0 Å². The molecule has 0 amide bonds. The Morgan fingerprint density at radius 2 is 1.86 bits per heavy atom. The third-order valence-electron chi connectivity index (χ3n) is 3.13. The molecular weight excluding hydrogens is 273 g/mol. The van der Waals surface area contributed by atoms with Crippen LogP contribution in [0.2, 0.25) is 0 Å². The van der Waals surface area contributed by atoms with Gasteiger partial charge in [0.05, 0.1) is 5.69 Å². The highest BCUT2D eigenvalue weighted by Crippen LogP contribution is 2.34. The van der Waals surface area contributed by atoms with E-state index >= 15 is 0 Å². The number of carboxylic acids is 1. The van der Waals surface area contributed by atoms with Gasteiger partial charge in [-0.1, -0.05) is 32.0 Å². The highest BCUT2D eigenvalue weighted by molar-refractivity contribution is 5.97.